The first-order valence-corrected chi connectivity index (χ1v) is 6.76. The van der Waals surface area contributed by atoms with E-state index in [1.54, 1.807) is 0 Å². The number of nitrogens with one attached hydrogen (secondary N) is 1. The van der Waals surface area contributed by atoms with Gasteiger partial charge in [0.25, 0.3) is 5.56 Å². The third-order valence-corrected chi connectivity index (χ3v) is 4.07. The topological polar surface area (TPSA) is 176 Å². The molecule has 12 heteroatoms. The summed E-state index contributed by atoms with van der Waals surface area (Å²) in [6, 6.07) is 1.93. The first-order valence-electron chi connectivity index (χ1n) is 6.76. The van der Waals surface area contributed by atoms with Crippen molar-refractivity contribution >= 4 is 24.6 Å². The van der Waals surface area contributed by atoms with Crippen LogP contribution in [0.2, 0.25) is 0 Å². The van der Waals surface area contributed by atoms with Crippen LogP contribution in [0.4, 0.5) is 5.95 Å². The Morgan fingerprint density at radius 1 is 1.52 bits per heavy atom. The molecule has 0 aromatic carbocycles. The van der Waals surface area contributed by atoms with Crippen molar-refractivity contribution in [3.8, 4) is 6.07 Å². The van der Waals surface area contributed by atoms with Gasteiger partial charge < -0.3 is 25.3 Å². The number of nitrogen functional groups attached to an aromatic ring is 1. The second kappa shape index (κ2) is 4.52. The maximum atomic E-state index is 11.8. The Morgan fingerprint density at radius 3 is 2.91 bits per heavy atom. The molecule has 0 amide bonds. The molecule has 2 aliphatic heterocycles. The molecule has 2 aromatic heterocycles. The van der Waals surface area contributed by atoms with Crippen LogP contribution in [0.1, 0.15) is 6.23 Å². The summed E-state index contributed by atoms with van der Waals surface area (Å²) >= 11 is 0. The van der Waals surface area contributed by atoms with E-state index in [9.17, 15) is 15.0 Å². The number of rotatable bonds is 2. The Kier molecular flexibility index (Phi) is 2.78. The number of aromatic nitrogens is 4. The maximum Gasteiger partial charge on any atom is 0.329 e. The van der Waals surface area contributed by atoms with E-state index < -0.39 is 35.6 Å². The van der Waals surface area contributed by atoms with Gasteiger partial charge in [-0.15, -0.1) is 0 Å². The number of nitriles is 1. The number of nitrogens with zero attached hydrogens (tertiary/aromatic N) is 4. The Labute approximate surface area is 128 Å². The summed E-state index contributed by atoms with van der Waals surface area (Å²) in [6.07, 6.45) is -3.54. The van der Waals surface area contributed by atoms with E-state index in [0.29, 0.717) is 0 Å². The second-order valence-electron chi connectivity index (χ2n) is 5.49. The van der Waals surface area contributed by atoms with Crippen molar-refractivity contribution in [3.63, 3.8) is 0 Å². The van der Waals surface area contributed by atoms with Gasteiger partial charge in [0.15, 0.2) is 22.9 Å². The van der Waals surface area contributed by atoms with Crippen molar-refractivity contribution in [2.45, 2.75) is 30.0 Å². The van der Waals surface area contributed by atoms with Crippen LogP contribution in [0.3, 0.4) is 0 Å². The van der Waals surface area contributed by atoms with Gasteiger partial charge in [0.1, 0.15) is 18.3 Å². The fraction of sp³-hybridized carbons (Fsp3) is 0.455. The maximum absolute atomic E-state index is 11.8. The highest BCUT2D eigenvalue weighted by Gasteiger charge is 2.63. The number of ether oxygens (including phenoxy) is 1. The van der Waals surface area contributed by atoms with Crippen molar-refractivity contribution < 1.29 is 19.6 Å². The van der Waals surface area contributed by atoms with Gasteiger partial charge in [0.2, 0.25) is 5.95 Å². The Hall–Kier alpha value is -2.46. The van der Waals surface area contributed by atoms with Crippen LogP contribution in [-0.4, -0.2) is 61.0 Å². The second-order valence-corrected chi connectivity index (χ2v) is 5.49. The fourth-order valence-corrected chi connectivity index (χ4v) is 2.77. The minimum absolute atomic E-state index is 0.0191. The summed E-state index contributed by atoms with van der Waals surface area (Å²) in [7, 11) is 0.111. The lowest BCUT2D eigenvalue weighted by Crippen LogP contribution is -2.40. The highest BCUT2D eigenvalue weighted by Crippen LogP contribution is 2.41. The average molecular weight is 318 g/mol. The number of aliphatic hydroxyl groups excluding tert-OH is 2. The molecule has 4 rings (SSSR count). The molecule has 0 aliphatic carbocycles. The first kappa shape index (κ1) is 14.2. The monoisotopic (exact) mass is 318 g/mol. The summed E-state index contributed by atoms with van der Waals surface area (Å²) in [6.45, 7) is 0. The molecule has 0 saturated carbocycles. The third-order valence-electron chi connectivity index (χ3n) is 4.07. The van der Waals surface area contributed by atoms with Crippen LogP contribution in [-0.2, 0) is 9.39 Å². The van der Waals surface area contributed by atoms with Gasteiger partial charge in [0.05, 0.1) is 12.4 Å². The van der Waals surface area contributed by atoms with Crippen LogP contribution >= 0.6 is 0 Å². The van der Waals surface area contributed by atoms with Gasteiger partial charge in [-0.2, -0.15) is 10.2 Å². The molecular formula is C11H11BN6O5. The molecule has 11 nitrogen and oxygen atoms in total. The summed E-state index contributed by atoms with van der Waals surface area (Å²) in [4.78, 5) is 22.0. The molecule has 23 heavy (non-hydrogen) atoms. The highest BCUT2D eigenvalue weighted by molar-refractivity contribution is 6.44. The van der Waals surface area contributed by atoms with E-state index in [1.165, 1.54) is 10.9 Å². The zero-order valence-electron chi connectivity index (χ0n) is 11.6. The Balaban J connectivity index is 1.77. The van der Waals surface area contributed by atoms with Crippen LogP contribution < -0.4 is 11.3 Å². The van der Waals surface area contributed by atoms with Crippen molar-refractivity contribution in [3.05, 3.63) is 16.7 Å². The number of hydrogen-bond donors (Lipinski definition) is 4. The number of H-pyrrole nitrogens is 1. The predicted molar refractivity (Wildman–Crippen MR) is 75.1 cm³/mol. The van der Waals surface area contributed by atoms with E-state index in [2.05, 4.69) is 15.0 Å². The smallest absolute Gasteiger partial charge is 0.329 e. The number of anilines is 1. The van der Waals surface area contributed by atoms with E-state index in [1.807, 2.05) is 6.07 Å². The van der Waals surface area contributed by atoms with Gasteiger partial charge in [-0.1, -0.05) is 0 Å². The van der Waals surface area contributed by atoms with Gasteiger partial charge >= 0.3 is 7.48 Å². The summed E-state index contributed by atoms with van der Waals surface area (Å²) in [5, 5.41) is 29.6. The van der Waals surface area contributed by atoms with Gasteiger partial charge in [0, 0.05) is 0 Å². The third kappa shape index (κ3) is 1.88. The average Bonchev–Trinajstić information content (AvgIpc) is 3.12. The molecule has 0 radical (unpaired) electrons. The number of fused-ring (bicyclic) bond motifs is 1. The molecule has 2 fully saturated rings. The normalized spacial score (nSPS) is 35.9. The summed E-state index contributed by atoms with van der Waals surface area (Å²) < 4.78 is 12.0. The van der Waals surface area contributed by atoms with Crippen molar-refractivity contribution in [2.24, 2.45) is 0 Å². The molecule has 5 N–H and O–H groups in total. The first-order chi connectivity index (χ1) is 11.0. The molecule has 4 heterocycles. The van der Waals surface area contributed by atoms with Crippen molar-refractivity contribution in [1.29, 1.82) is 5.26 Å². The van der Waals surface area contributed by atoms with Crippen molar-refractivity contribution in [2.75, 3.05) is 5.73 Å². The van der Waals surface area contributed by atoms with Gasteiger partial charge in [-0.25, -0.2) is 4.98 Å². The zero-order chi connectivity index (χ0) is 16.4. The minimum atomic E-state index is -1.35. The fourth-order valence-electron chi connectivity index (χ4n) is 2.77. The SMILES string of the molecule is N#CC1([C@H]2O[C@@H](n3cnc4c(=O)[nH]c(N)nc43)[C@H](O)[C@@H]2O)BO1. The van der Waals surface area contributed by atoms with E-state index in [4.69, 9.17) is 20.4 Å². The molecule has 1 unspecified atom stereocenters. The molecule has 5 atom stereocenters. The largest absolute Gasteiger partial charge is 0.420 e. The molecule has 0 bridgehead atoms. The number of imidazole rings is 1. The van der Waals surface area contributed by atoms with Crippen LogP contribution in [0.5, 0.6) is 0 Å². The lowest BCUT2D eigenvalue weighted by molar-refractivity contribution is -0.0524. The predicted octanol–water partition coefficient (Wildman–Crippen LogP) is -3.08. The quantitative estimate of drug-likeness (QED) is 0.330. The molecule has 118 valence electrons. The van der Waals surface area contributed by atoms with E-state index in [0.717, 1.165) is 0 Å². The number of aromatic amines is 1. The minimum Gasteiger partial charge on any atom is -0.420 e. The summed E-state index contributed by atoms with van der Waals surface area (Å²) in [5.41, 5.74) is 3.84. The van der Waals surface area contributed by atoms with E-state index in [-0.39, 0.29) is 24.6 Å². The lowest BCUT2D eigenvalue weighted by atomic mass is 9.81. The Bertz CT molecular complexity index is 885. The standard InChI is InChI=1S/C11H11BN6O5/c13-1-11(12-23-11)6-4(19)5(20)9(22-6)18-2-15-3-7(18)16-10(14)17-8(3)21/h2,4-6,9,12,19-20H,(H3,14,16,17,21)/t4-,5+,6-,9+,11?/m0/s1. The lowest BCUT2D eigenvalue weighted by Gasteiger charge is -2.17. The summed E-state index contributed by atoms with van der Waals surface area (Å²) in [5.74, 6) is -0.118. The zero-order valence-corrected chi connectivity index (χ0v) is 11.6. The number of aliphatic hydroxyl groups is 2. The molecule has 2 aliphatic rings. The van der Waals surface area contributed by atoms with Gasteiger partial charge in [-0.05, 0) is 0 Å². The molecule has 2 saturated heterocycles. The highest BCUT2D eigenvalue weighted by atomic mass is 16.6. The van der Waals surface area contributed by atoms with Crippen LogP contribution in [0.15, 0.2) is 11.1 Å². The van der Waals surface area contributed by atoms with Gasteiger partial charge in [-0.3, -0.25) is 14.3 Å². The number of hydrogen-bond acceptors (Lipinski definition) is 9. The molecular weight excluding hydrogens is 307 g/mol. The Morgan fingerprint density at radius 2 is 2.26 bits per heavy atom. The van der Waals surface area contributed by atoms with Crippen LogP contribution in [0.25, 0.3) is 11.2 Å². The van der Waals surface area contributed by atoms with E-state index >= 15 is 0 Å². The number of nitrogens with two attached hydrogens (primary N) is 1. The van der Waals surface area contributed by atoms with Crippen molar-refractivity contribution in [1.82, 2.24) is 19.5 Å². The molecule has 2 aromatic rings. The van der Waals surface area contributed by atoms with Crippen LogP contribution in [0, 0.1) is 11.3 Å². The molecule has 0 spiro atoms.